The summed E-state index contributed by atoms with van der Waals surface area (Å²) in [6, 6.07) is 12.5. The van der Waals surface area contributed by atoms with E-state index in [1.54, 1.807) is 36.7 Å². The highest BCUT2D eigenvalue weighted by Crippen LogP contribution is 2.28. The van der Waals surface area contributed by atoms with Crippen molar-refractivity contribution in [1.82, 2.24) is 15.0 Å². The molecule has 1 N–H and O–H groups in total. The van der Waals surface area contributed by atoms with Gasteiger partial charge >= 0.3 is 6.36 Å². The summed E-state index contributed by atoms with van der Waals surface area (Å²) in [7, 11) is 0. The van der Waals surface area contributed by atoms with Crippen LogP contribution in [0.2, 0.25) is 0 Å². The van der Waals surface area contributed by atoms with Crippen molar-refractivity contribution in [3.05, 3.63) is 60.9 Å². The molecule has 0 unspecified atom stereocenters. The lowest BCUT2D eigenvalue weighted by Gasteiger charge is -2.09. The van der Waals surface area contributed by atoms with Crippen LogP contribution in [0.15, 0.2) is 70.2 Å². The Morgan fingerprint density at radius 2 is 1.82 bits per heavy atom. The zero-order chi connectivity index (χ0) is 19.6. The molecule has 0 spiro atoms. The summed E-state index contributed by atoms with van der Waals surface area (Å²) in [6.45, 7) is 0. The normalized spacial score (nSPS) is 11.5. The molecule has 4 rings (SSSR count). The number of rotatable bonds is 5. The van der Waals surface area contributed by atoms with Gasteiger partial charge in [0.2, 0.25) is 5.89 Å². The lowest BCUT2D eigenvalue weighted by atomic mass is 10.2. The average Bonchev–Trinajstić information content (AvgIpc) is 3.11. The van der Waals surface area contributed by atoms with E-state index in [0.29, 0.717) is 33.4 Å². The fourth-order valence-electron chi connectivity index (χ4n) is 2.33. The van der Waals surface area contributed by atoms with Gasteiger partial charge in [-0.15, -0.1) is 13.2 Å². The summed E-state index contributed by atoms with van der Waals surface area (Å²) >= 11 is 1.20. The van der Waals surface area contributed by atoms with Crippen LogP contribution >= 0.6 is 11.9 Å². The predicted octanol–water partition coefficient (Wildman–Crippen LogP) is 5.30. The first kappa shape index (κ1) is 18.1. The molecular formula is C18H11F3N4O2S. The van der Waals surface area contributed by atoms with Crippen molar-refractivity contribution in [2.45, 2.75) is 11.3 Å². The molecule has 0 radical (unpaired) electrons. The van der Waals surface area contributed by atoms with Crippen LogP contribution in [0, 0.1) is 0 Å². The first-order valence-electron chi connectivity index (χ1n) is 7.93. The molecule has 0 bridgehead atoms. The van der Waals surface area contributed by atoms with Gasteiger partial charge in [-0.05, 0) is 60.5 Å². The van der Waals surface area contributed by atoms with Crippen molar-refractivity contribution < 1.29 is 22.3 Å². The summed E-state index contributed by atoms with van der Waals surface area (Å²) < 4.78 is 49.1. The molecule has 142 valence electrons. The third-order valence-electron chi connectivity index (χ3n) is 3.50. The van der Waals surface area contributed by atoms with Gasteiger partial charge in [-0.1, -0.05) is 0 Å². The van der Waals surface area contributed by atoms with Crippen molar-refractivity contribution in [3.63, 3.8) is 0 Å². The topological polar surface area (TPSA) is 73.1 Å². The number of halogens is 3. The molecule has 0 amide bonds. The van der Waals surface area contributed by atoms with Crippen LogP contribution in [0.1, 0.15) is 0 Å². The Labute approximate surface area is 160 Å². The molecule has 3 heterocycles. The van der Waals surface area contributed by atoms with Gasteiger partial charge < -0.3 is 13.9 Å². The molecule has 0 atom stereocenters. The largest absolute Gasteiger partial charge is 0.573 e. The number of alkyl halides is 3. The molecule has 0 saturated heterocycles. The Morgan fingerprint density at radius 1 is 1.00 bits per heavy atom. The van der Waals surface area contributed by atoms with Crippen LogP contribution < -0.4 is 9.46 Å². The summed E-state index contributed by atoms with van der Waals surface area (Å²) in [6.07, 6.45) is -1.48. The van der Waals surface area contributed by atoms with Crippen molar-refractivity contribution in [2.24, 2.45) is 0 Å². The van der Waals surface area contributed by atoms with Crippen LogP contribution in [0.5, 0.6) is 5.75 Å². The van der Waals surface area contributed by atoms with Gasteiger partial charge in [-0.3, -0.25) is 0 Å². The molecule has 0 aliphatic rings. The third-order valence-corrected chi connectivity index (χ3v) is 4.32. The maximum Gasteiger partial charge on any atom is 0.573 e. The van der Waals surface area contributed by atoms with Crippen molar-refractivity contribution in [2.75, 3.05) is 4.72 Å². The molecule has 3 aromatic heterocycles. The number of fused-ring (bicyclic) bond motifs is 1. The number of ether oxygens (including phenoxy) is 1. The molecule has 0 aliphatic heterocycles. The highest BCUT2D eigenvalue weighted by Gasteiger charge is 2.30. The molecule has 0 fully saturated rings. The fourth-order valence-corrected chi connectivity index (χ4v) is 2.94. The summed E-state index contributed by atoms with van der Waals surface area (Å²) in [5.41, 5.74) is 1.81. The first-order chi connectivity index (χ1) is 13.5. The molecule has 6 nitrogen and oxygen atoms in total. The van der Waals surface area contributed by atoms with E-state index >= 15 is 0 Å². The number of oxazole rings is 1. The first-order valence-corrected chi connectivity index (χ1v) is 8.75. The second-order valence-electron chi connectivity index (χ2n) is 5.50. The van der Waals surface area contributed by atoms with Crippen molar-refractivity contribution in [1.29, 1.82) is 0 Å². The highest BCUT2D eigenvalue weighted by atomic mass is 32.2. The molecule has 0 aliphatic carbocycles. The maximum atomic E-state index is 12.2. The van der Waals surface area contributed by atoms with E-state index in [0.717, 1.165) is 0 Å². The number of pyridine rings is 2. The smallest absolute Gasteiger partial charge is 0.434 e. The van der Waals surface area contributed by atoms with Crippen LogP contribution in [0.4, 0.5) is 19.0 Å². The molecule has 4 aromatic rings. The van der Waals surface area contributed by atoms with E-state index in [2.05, 4.69) is 24.4 Å². The van der Waals surface area contributed by atoms with E-state index in [1.807, 2.05) is 0 Å². The minimum atomic E-state index is -4.71. The predicted molar refractivity (Wildman–Crippen MR) is 97.6 cm³/mol. The summed E-state index contributed by atoms with van der Waals surface area (Å²) in [5.74, 6) is 0.674. The third kappa shape index (κ3) is 4.34. The number of nitrogens with one attached hydrogen (secondary N) is 1. The van der Waals surface area contributed by atoms with E-state index in [-0.39, 0.29) is 5.75 Å². The van der Waals surface area contributed by atoms with Crippen molar-refractivity contribution in [3.8, 4) is 17.2 Å². The monoisotopic (exact) mass is 404 g/mol. The quantitative estimate of drug-likeness (QED) is 0.452. The molecule has 10 heteroatoms. The Morgan fingerprint density at radius 3 is 2.57 bits per heavy atom. The van der Waals surface area contributed by atoms with E-state index in [4.69, 9.17) is 4.42 Å². The summed E-state index contributed by atoms with van der Waals surface area (Å²) in [4.78, 5) is 13.4. The molecule has 0 saturated carbocycles. The zero-order valence-corrected chi connectivity index (χ0v) is 14.8. The number of nitrogens with zero attached hydrogens (tertiary/aromatic N) is 3. The van der Waals surface area contributed by atoms with Gasteiger partial charge in [0.05, 0.1) is 0 Å². The SMILES string of the molecule is FC(F)(F)Oc1ccc(SNc2cc(-c3nc4ncccc4o3)ccn2)cc1. The molecule has 28 heavy (non-hydrogen) atoms. The number of hydrogen-bond acceptors (Lipinski definition) is 7. The van der Waals surface area contributed by atoms with Gasteiger partial charge in [0, 0.05) is 22.9 Å². The Kier molecular flexibility index (Phi) is 4.78. The lowest BCUT2D eigenvalue weighted by Crippen LogP contribution is -2.16. The second kappa shape index (κ2) is 7.39. The van der Waals surface area contributed by atoms with E-state index in [9.17, 15) is 13.2 Å². The van der Waals surface area contributed by atoms with Gasteiger partial charge in [0.25, 0.3) is 0 Å². The fraction of sp³-hybridized carbons (Fsp3) is 0.0556. The van der Waals surface area contributed by atoms with Crippen LogP contribution in [0.25, 0.3) is 22.7 Å². The maximum absolute atomic E-state index is 12.2. The zero-order valence-electron chi connectivity index (χ0n) is 14.0. The number of anilines is 1. The number of hydrogen-bond donors (Lipinski definition) is 1. The second-order valence-corrected chi connectivity index (χ2v) is 6.38. The van der Waals surface area contributed by atoms with Crippen LogP contribution in [0.3, 0.4) is 0 Å². The van der Waals surface area contributed by atoms with Crippen LogP contribution in [-0.4, -0.2) is 21.3 Å². The van der Waals surface area contributed by atoms with Gasteiger partial charge in [0.15, 0.2) is 11.2 Å². The van der Waals surface area contributed by atoms with Gasteiger partial charge in [-0.2, -0.15) is 4.98 Å². The standard InChI is InChI=1S/C18H11F3N4O2S/c19-18(20,21)27-12-3-5-13(6-4-12)28-25-15-10-11(7-9-22-15)17-24-16-14(26-17)2-1-8-23-16/h1-10H,(H,22,25). The Hall–Kier alpha value is -3.27. The molecule has 1 aromatic carbocycles. The Bertz CT molecular complexity index is 1070. The number of aromatic nitrogens is 3. The lowest BCUT2D eigenvalue weighted by molar-refractivity contribution is -0.274. The minimum Gasteiger partial charge on any atom is -0.434 e. The number of benzene rings is 1. The Balaban J connectivity index is 1.45. The van der Waals surface area contributed by atoms with Crippen molar-refractivity contribution >= 4 is 29.0 Å². The van der Waals surface area contributed by atoms with E-state index < -0.39 is 6.36 Å². The van der Waals surface area contributed by atoms with Gasteiger partial charge in [-0.25, -0.2) is 9.97 Å². The highest BCUT2D eigenvalue weighted by molar-refractivity contribution is 8.00. The molecular weight excluding hydrogens is 393 g/mol. The van der Waals surface area contributed by atoms with Gasteiger partial charge in [0.1, 0.15) is 11.6 Å². The minimum absolute atomic E-state index is 0.276. The van der Waals surface area contributed by atoms with E-state index in [1.165, 1.54) is 36.2 Å². The van der Waals surface area contributed by atoms with Crippen LogP contribution in [-0.2, 0) is 0 Å². The average molecular weight is 404 g/mol. The summed E-state index contributed by atoms with van der Waals surface area (Å²) in [5, 5.41) is 0.